The highest BCUT2D eigenvalue weighted by Gasteiger charge is 2.31. The number of fused-ring (bicyclic) bond motifs is 1. The van der Waals surface area contributed by atoms with Crippen molar-refractivity contribution in [1.82, 2.24) is 20.1 Å². The van der Waals surface area contributed by atoms with E-state index in [-0.39, 0.29) is 0 Å². The Morgan fingerprint density at radius 2 is 2.30 bits per heavy atom. The minimum atomic E-state index is 0.299. The van der Waals surface area contributed by atoms with E-state index in [1.165, 1.54) is 5.56 Å². The van der Waals surface area contributed by atoms with Crippen LogP contribution in [0.2, 0.25) is 0 Å². The van der Waals surface area contributed by atoms with Crippen LogP contribution in [0, 0.1) is 0 Å². The molecule has 106 valence electrons. The summed E-state index contributed by atoms with van der Waals surface area (Å²) >= 11 is 0. The number of nitrogens with one attached hydrogen (secondary N) is 1. The van der Waals surface area contributed by atoms with Crippen LogP contribution < -0.4 is 10.1 Å². The van der Waals surface area contributed by atoms with E-state index in [1.807, 2.05) is 23.9 Å². The van der Waals surface area contributed by atoms with Crippen LogP contribution in [0.1, 0.15) is 24.2 Å². The van der Waals surface area contributed by atoms with Gasteiger partial charge in [0, 0.05) is 30.5 Å². The first-order valence-corrected chi connectivity index (χ1v) is 7.09. The molecule has 2 aromatic rings. The Labute approximate surface area is 119 Å². The molecule has 1 aliphatic heterocycles. The standard InChI is InChI=1S/C15H20N4O/c1-3-19-15(17-10-18-19)8-13(16-2)12-9-20-14-7-5-4-6-11(12)14/h4-7,10,12-13,16H,3,8-9H2,1-2H3. The van der Waals surface area contributed by atoms with Gasteiger partial charge in [-0.15, -0.1) is 0 Å². The zero-order valence-corrected chi connectivity index (χ0v) is 11.9. The fourth-order valence-corrected chi connectivity index (χ4v) is 2.87. The van der Waals surface area contributed by atoms with Crippen molar-refractivity contribution in [3.05, 3.63) is 42.0 Å². The summed E-state index contributed by atoms with van der Waals surface area (Å²) in [5, 5.41) is 7.65. The second-order valence-electron chi connectivity index (χ2n) is 5.05. The average molecular weight is 272 g/mol. The number of aryl methyl sites for hydroxylation is 1. The van der Waals surface area contributed by atoms with Crippen molar-refractivity contribution in [3.63, 3.8) is 0 Å². The third-order valence-electron chi connectivity index (χ3n) is 3.99. The van der Waals surface area contributed by atoms with Crippen LogP contribution in [-0.4, -0.2) is 34.5 Å². The van der Waals surface area contributed by atoms with Gasteiger partial charge in [-0.3, -0.25) is 4.68 Å². The fraction of sp³-hybridized carbons (Fsp3) is 0.467. The lowest BCUT2D eigenvalue weighted by molar-refractivity contribution is 0.299. The molecule has 0 bridgehead atoms. The molecule has 2 heterocycles. The van der Waals surface area contributed by atoms with Crippen LogP contribution in [0.15, 0.2) is 30.6 Å². The molecule has 2 unspecified atom stereocenters. The smallest absolute Gasteiger partial charge is 0.138 e. The predicted octanol–water partition coefficient (Wildman–Crippen LogP) is 1.60. The van der Waals surface area contributed by atoms with E-state index in [4.69, 9.17) is 4.74 Å². The van der Waals surface area contributed by atoms with Crippen molar-refractivity contribution in [2.75, 3.05) is 13.7 Å². The predicted molar refractivity (Wildman–Crippen MR) is 76.9 cm³/mol. The molecule has 1 aromatic carbocycles. The average Bonchev–Trinajstić information content (AvgIpc) is 3.11. The van der Waals surface area contributed by atoms with Crippen LogP contribution >= 0.6 is 0 Å². The number of benzene rings is 1. The Hall–Kier alpha value is -1.88. The Kier molecular flexibility index (Phi) is 3.69. The summed E-state index contributed by atoms with van der Waals surface area (Å²) in [6, 6.07) is 8.58. The van der Waals surface area contributed by atoms with E-state index in [9.17, 15) is 0 Å². The number of likely N-dealkylation sites (N-methyl/N-ethyl adjacent to an activating group) is 1. The van der Waals surface area contributed by atoms with Crippen molar-refractivity contribution in [2.24, 2.45) is 0 Å². The van der Waals surface area contributed by atoms with Gasteiger partial charge < -0.3 is 10.1 Å². The molecule has 0 spiro atoms. The van der Waals surface area contributed by atoms with Crippen molar-refractivity contribution in [1.29, 1.82) is 0 Å². The van der Waals surface area contributed by atoms with E-state index >= 15 is 0 Å². The monoisotopic (exact) mass is 272 g/mol. The minimum Gasteiger partial charge on any atom is -0.493 e. The molecule has 3 rings (SSSR count). The van der Waals surface area contributed by atoms with E-state index in [1.54, 1.807) is 6.33 Å². The molecule has 20 heavy (non-hydrogen) atoms. The molecule has 0 radical (unpaired) electrons. The van der Waals surface area contributed by atoms with Crippen LogP contribution in [0.5, 0.6) is 5.75 Å². The van der Waals surface area contributed by atoms with E-state index in [0.717, 1.165) is 31.1 Å². The quantitative estimate of drug-likeness (QED) is 0.898. The van der Waals surface area contributed by atoms with Crippen LogP contribution in [0.3, 0.4) is 0 Å². The fourth-order valence-electron chi connectivity index (χ4n) is 2.87. The summed E-state index contributed by atoms with van der Waals surface area (Å²) in [5.74, 6) is 2.39. The van der Waals surface area contributed by atoms with Gasteiger partial charge in [0.2, 0.25) is 0 Å². The number of hydrogen-bond acceptors (Lipinski definition) is 4. The maximum Gasteiger partial charge on any atom is 0.138 e. The molecule has 0 saturated heterocycles. The Balaban J connectivity index is 1.81. The third-order valence-corrected chi connectivity index (χ3v) is 3.99. The van der Waals surface area contributed by atoms with Gasteiger partial charge in [0.1, 0.15) is 17.9 Å². The molecular weight excluding hydrogens is 252 g/mol. The summed E-state index contributed by atoms with van der Waals surface area (Å²) < 4.78 is 7.74. The first-order chi connectivity index (χ1) is 9.83. The molecule has 0 saturated carbocycles. The van der Waals surface area contributed by atoms with Crippen molar-refractivity contribution < 1.29 is 4.74 Å². The lowest BCUT2D eigenvalue weighted by Crippen LogP contribution is -2.36. The molecule has 1 aromatic heterocycles. The van der Waals surface area contributed by atoms with Crippen molar-refractivity contribution in [2.45, 2.75) is 31.8 Å². The maximum absolute atomic E-state index is 5.79. The van der Waals surface area contributed by atoms with Crippen LogP contribution in [0.25, 0.3) is 0 Å². The minimum absolute atomic E-state index is 0.299. The molecule has 0 amide bonds. The number of nitrogens with zero attached hydrogens (tertiary/aromatic N) is 3. The van der Waals surface area contributed by atoms with Gasteiger partial charge in [0.25, 0.3) is 0 Å². The van der Waals surface area contributed by atoms with Gasteiger partial charge in [0.15, 0.2) is 0 Å². The number of aromatic nitrogens is 3. The zero-order chi connectivity index (χ0) is 13.9. The largest absolute Gasteiger partial charge is 0.493 e. The molecule has 1 N–H and O–H groups in total. The third kappa shape index (κ3) is 2.29. The SMILES string of the molecule is CCn1ncnc1CC(NC)C1COc2ccccc21. The summed E-state index contributed by atoms with van der Waals surface area (Å²) in [6.07, 6.45) is 2.48. The highest BCUT2D eigenvalue weighted by molar-refractivity contribution is 5.40. The maximum atomic E-state index is 5.79. The number of ether oxygens (including phenoxy) is 1. The highest BCUT2D eigenvalue weighted by atomic mass is 16.5. The van der Waals surface area contributed by atoms with E-state index < -0.39 is 0 Å². The number of para-hydroxylation sites is 1. The molecule has 2 atom stereocenters. The lowest BCUT2D eigenvalue weighted by atomic mass is 9.91. The van der Waals surface area contributed by atoms with Crippen molar-refractivity contribution in [3.8, 4) is 5.75 Å². The van der Waals surface area contributed by atoms with Gasteiger partial charge in [-0.2, -0.15) is 5.10 Å². The Morgan fingerprint density at radius 3 is 3.10 bits per heavy atom. The molecule has 0 fully saturated rings. The second kappa shape index (κ2) is 5.63. The van der Waals surface area contributed by atoms with Gasteiger partial charge in [-0.05, 0) is 20.0 Å². The first-order valence-electron chi connectivity index (χ1n) is 7.09. The topological polar surface area (TPSA) is 52.0 Å². The molecule has 1 aliphatic rings. The van der Waals surface area contributed by atoms with Gasteiger partial charge in [0.05, 0.1) is 6.61 Å². The molecule has 5 nitrogen and oxygen atoms in total. The number of hydrogen-bond donors (Lipinski definition) is 1. The summed E-state index contributed by atoms with van der Waals surface area (Å²) in [5.41, 5.74) is 1.29. The normalized spacial score (nSPS) is 18.6. The van der Waals surface area contributed by atoms with Gasteiger partial charge >= 0.3 is 0 Å². The zero-order valence-electron chi connectivity index (χ0n) is 11.9. The van der Waals surface area contributed by atoms with E-state index in [0.29, 0.717) is 12.0 Å². The Bertz CT molecular complexity index is 581. The lowest BCUT2D eigenvalue weighted by Gasteiger charge is -2.22. The summed E-state index contributed by atoms with van der Waals surface area (Å²) in [6.45, 7) is 3.66. The van der Waals surface area contributed by atoms with Crippen molar-refractivity contribution >= 4 is 0 Å². The van der Waals surface area contributed by atoms with Crippen LogP contribution in [0.4, 0.5) is 0 Å². The molecule has 0 aliphatic carbocycles. The second-order valence-corrected chi connectivity index (χ2v) is 5.05. The summed E-state index contributed by atoms with van der Waals surface area (Å²) in [7, 11) is 2.00. The molecular formula is C15H20N4O. The van der Waals surface area contributed by atoms with E-state index in [2.05, 4.69) is 34.5 Å². The molecule has 5 heteroatoms. The van der Waals surface area contributed by atoms with Gasteiger partial charge in [-0.25, -0.2) is 4.98 Å². The number of rotatable bonds is 5. The summed E-state index contributed by atoms with van der Waals surface area (Å²) in [4.78, 5) is 4.37. The Morgan fingerprint density at radius 1 is 1.45 bits per heavy atom. The van der Waals surface area contributed by atoms with Gasteiger partial charge in [-0.1, -0.05) is 18.2 Å². The first kappa shape index (κ1) is 13.1. The highest BCUT2D eigenvalue weighted by Crippen LogP contribution is 2.36. The van der Waals surface area contributed by atoms with Crippen LogP contribution in [-0.2, 0) is 13.0 Å².